The summed E-state index contributed by atoms with van der Waals surface area (Å²) in [5.41, 5.74) is 6.01. The van der Waals surface area contributed by atoms with Gasteiger partial charge in [0.25, 0.3) is 0 Å². The van der Waals surface area contributed by atoms with Crippen LogP contribution in [0.1, 0.15) is 12.6 Å². The van der Waals surface area contributed by atoms with Gasteiger partial charge < -0.3 is 31.6 Å². The van der Waals surface area contributed by atoms with Crippen LogP contribution in [0.15, 0.2) is 12.5 Å². The van der Waals surface area contributed by atoms with Gasteiger partial charge in [0.1, 0.15) is 12.1 Å². The van der Waals surface area contributed by atoms with E-state index in [2.05, 4.69) is 20.6 Å². The second-order valence-corrected chi connectivity index (χ2v) is 4.71. The van der Waals surface area contributed by atoms with Gasteiger partial charge in [0, 0.05) is 18.3 Å². The predicted molar refractivity (Wildman–Crippen MR) is 74.5 cm³/mol. The van der Waals surface area contributed by atoms with E-state index < -0.39 is 42.5 Å². The Morgan fingerprint density at radius 2 is 1.95 bits per heavy atom. The Labute approximate surface area is 126 Å². The summed E-state index contributed by atoms with van der Waals surface area (Å²) in [6.07, 6.45) is 2.95. The Kier molecular flexibility index (Phi) is 6.47. The fraction of sp³-hybridized carbons (Fsp3) is 0.500. The van der Waals surface area contributed by atoms with Gasteiger partial charge in [-0.15, -0.1) is 0 Å². The van der Waals surface area contributed by atoms with E-state index in [-0.39, 0.29) is 6.42 Å². The van der Waals surface area contributed by atoms with Crippen molar-refractivity contribution in [2.75, 3.05) is 6.61 Å². The molecule has 0 aliphatic heterocycles. The van der Waals surface area contributed by atoms with Crippen molar-refractivity contribution in [3.8, 4) is 0 Å². The maximum absolute atomic E-state index is 12.1. The highest BCUT2D eigenvalue weighted by Crippen LogP contribution is 2.00. The summed E-state index contributed by atoms with van der Waals surface area (Å²) < 4.78 is 0. The van der Waals surface area contributed by atoms with Crippen LogP contribution in [0.4, 0.5) is 0 Å². The van der Waals surface area contributed by atoms with Gasteiger partial charge >= 0.3 is 5.97 Å². The molecule has 0 aliphatic carbocycles. The fourth-order valence-electron chi connectivity index (χ4n) is 1.59. The highest BCUT2D eigenvalue weighted by molar-refractivity contribution is 5.91. The Balaban J connectivity index is 2.81. The van der Waals surface area contributed by atoms with Crippen LogP contribution >= 0.6 is 0 Å². The number of carbonyl (C=O) groups is 3. The Morgan fingerprint density at radius 3 is 2.41 bits per heavy atom. The van der Waals surface area contributed by atoms with Crippen LogP contribution in [-0.4, -0.2) is 62.7 Å². The van der Waals surface area contributed by atoms with Gasteiger partial charge in [0.15, 0.2) is 0 Å². The molecule has 0 spiro atoms. The summed E-state index contributed by atoms with van der Waals surface area (Å²) in [6, 6.07) is -3.33. The first-order valence-corrected chi connectivity index (χ1v) is 6.52. The lowest BCUT2D eigenvalue weighted by Crippen LogP contribution is -2.55. The van der Waals surface area contributed by atoms with Crippen molar-refractivity contribution >= 4 is 17.8 Å². The summed E-state index contributed by atoms with van der Waals surface area (Å²) in [7, 11) is 0. The molecule has 0 fully saturated rings. The van der Waals surface area contributed by atoms with Crippen LogP contribution in [0, 0.1) is 0 Å². The molecule has 0 saturated heterocycles. The molecular formula is C12H19N5O5. The van der Waals surface area contributed by atoms with Crippen LogP contribution in [0.2, 0.25) is 0 Å². The minimum atomic E-state index is -1.45. The number of aliphatic hydroxyl groups excluding tert-OH is 1. The highest BCUT2D eigenvalue weighted by atomic mass is 16.4. The smallest absolute Gasteiger partial charge is 0.328 e. The molecule has 0 radical (unpaired) electrons. The predicted octanol–water partition coefficient (Wildman–Crippen LogP) is -2.65. The number of nitrogens with zero attached hydrogens (tertiary/aromatic N) is 1. The summed E-state index contributed by atoms with van der Waals surface area (Å²) in [4.78, 5) is 41.2. The first-order chi connectivity index (χ1) is 10.3. The van der Waals surface area contributed by atoms with E-state index in [0.29, 0.717) is 5.69 Å². The van der Waals surface area contributed by atoms with Gasteiger partial charge in [-0.05, 0) is 6.92 Å². The molecule has 10 heteroatoms. The summed E-state index contributed by atoms with van der Waals surface area (Å²) in [5, 5.41) is 22.3. The number of aromatic amines is 1. The zero-order chi connectivity index (χ0) is 16.7. The zero-order valence-corrected chi connectivity index (χ0v) is 11.9. The van der Waals surface area contributed by atoms with Crippen LogP contribution in [-0.2, 0) is 20.8 Å². The normalized spacial score (nSPS) is 14.7. The monoisotopic (exact) mass is 313 g/mol. The summed E-state index contributed by atoms with van der Waals surface area (Å²) in [5.74, 6) is -2.68. The van der Waals surface area contributed by atoms with Crippen LogP contribution in [0.3, 0.4) is 0 Å². The molecule has 22 heavy (non-hydrogen) atoms. The number of carbonyl (C=O) groups excluding carboxylic acids is 2. The number of hydrogen-bond acceptors (Lipinski definition) is 6. The third-order valence-electron chi connectivity index (χ3n) is 2.82. The highest BCUT2D eigenvalue weighted by Gasteiger charge is 2.27. The average molecular weight is 313 g/mol. The van der Waals surface area contributed by atoms with Gasteiger partial charge in [-0.1, -0.05) is 0 Å². The number of rotatable bonds is 8. The molecule has 1 heterocycles. The largest absolute Gasteiger partial charge is 0.480 e. The van der Waals surface area contributed by atoms with E-state index in [1.54, 1.807) is 0 Å². The third kappa shape index (κ3) is 5.14. The molecule has 3 atom stereocenters. The summed E-state index contributed by atoms with van der Waals surface area (Å²) >= 11 is 0. The quantitative estimate of drug-likeness (QED) is 0.304. The molecule has 0 aliphatic rings. The Morgan fingerprint density at radius 1 is 1.32 bits per heavy atom. The van der Waals surface area contributed by atoms with Gasteiger partial charge in [-0.3, -0.25) is 9.59 Å². The average Bonchev–Trinajstić information content (AvgIpc) is 2.96. The van der Waals surface area contributed by atoms with Crippen molar-refractivity contribution < 1.29 is 24.6 Å². The number of H-pyrrole nitrogens is 1. The van der Waals surface area contributed by atoms with Gasteiger partial charge in [-0.25, -0.2) is 9.78 Å². The number of carboxylic acid groups (broad SMARTS) is 1. The van der Waals surface area contributed by atoms with E-state index in [1.807, 2.05) is 0 Å². The molecule has 122 valence electrons. The first-order valence-electron chi connectivity index (χ1n) is 6.52. The number of imidazole rings is 1. The second-order valence-electron chi connectivity index (χ2n) is 4.71. The lowest BCUT2D eigenvalue weighted by molar-refractivity contribution is -0.143. The Hall–Kier alpha value is -2.46. The van der Waals surface area contributed by atoms with Crippen LogP contribution in [0.5, 0.6) is 0 Å². The molecule has 3 unspecified atom stereocenters. The molecule has 0 aromatic carbocycles. The standard InChI is InChI=1S/C12H19N5O5/c1-6(13)10(19)16-8(2-7-3-14-5-15-7)11(20)17-9(4-18)12(21)22/h3,5-6,8-9,18H,2,4,13H2,1H3,(H,14,15)(H,16,19)(H,17,20)(H,21,22). The van der Waals surface area contributed by atoms with Crippen molar-refractivity contribution in [2.24, 2.45) is 5.73 Å². The second kappa shape index (κ2) is 8.10. The number of nitrogens with two attached hydrogens (primary N) is 1. The third-order valence-corrected chi connectivity index (χ3v) is 2.82. The lowest BCUT2D eigenvalue weighted by Gasteiger charge is -2.21. The maximum Gasteiger partial charge on any atom is 0.328 e. The molecule has 0 bridgehead atoms. The van der Waals surface area contributed by atoms with E-state index in [9.17, 15) is 14.4 Å². The van der Waals surface area contributed by atoms with E-state index in [4.69, 9.17) is 15.9 Å². The van der Waals surface area contributed by atoms with Crippen LogP contribution < -0.4 is 16.4 Å². The molecule has 1 aromatic rings. The summed E-state index contributed by atoms with van der Waals surface area (Å²) in [6.45, 7) is 0.688. The van der Waals surface area contributed by atoms with Crippen molar-refractivity contribution in [3.05, 3.63) is 18.2 Å². The maximum atomic E-state index is 12.1. The molecule has 10 nitrogen and oxygen atoms in total. The van der Waals surface area contributed by atoms with Gasteiger partial charge in [0.2, 0.25) is 11.8 Å². The number of aromatic nitrogens is 2. The number of aliphatic carboxylic acids is 1. The molecule has 1 rings (SSSR count). The number of nitrogens with one attached hydrogen (secondary N) is 3. The number of hydrogen-bond donors (Lipinski definition) is 6. The molecule has 7 N–H and O–H groups in total. The van der Waals surface area contributed by atoms with E-state index in [1.165, 1.54) is 19.4 Å². The topological polar surface area (TPSA) is 170 Å². The van der Waals surface area contributed by atoms with Gasteiger partial charge in [-0.2, -0.15) is 0 Å². The SMILES string of the molecule is CC(N)C(=O)NC(Cc1cnc[nH]1)C(=O)NC(CO)C(=O)O. The molecule has 2 amide bonds. The fourth-order valence-corrected chi connectivity index (χ4v) is 1.59. The van der Waals surface area contributed by atoms with Crippen molar-refractivity contribution in [1.82, 2.24) is 20.6 Å². The van der Waals surface area contributed by atoms with Crippen LogP contribution in [0.25, 0.3) is 0 Å². The van der Waals surface area contributed by atoms with E-state index in [0.717, 1.165) is 0 Å². The van der Waals surface area contributed by atoms with Crippen molar-refractivity contribution in [1.29, 1.82) is 0 Å². The number of aliphatic hydroxyl groups is 1. The molecular weight excluding hydrogens is 294 g/mol. The zero-order valence-electron chi connectivity index (χ0n) is 11.9. The number of carboxylic acids is 1. The first kappa shape index (κ1) is 17.6. The van der Waals surface area contributed by atoms with Crippen molar-refractivity contribution in [3.63, 3.8) is 0 Å². The van der Waals surface area contributed by atoms with Gasteiger partial charge in [0.05, 0.1) is 19.0 Å². The molecule has 1 aromatic heterocycles. The molecule has 0 saturated carbocycles. The van der Waals surface area contributed by atoms with Crippen molar-refractivity contribution in [2.45, 2.75) is 31.5 Å². The minimum absolute atomic E-state index is 0.0715. The lowest BCUT2D eigenvalue weighted by atomic mass is 10.1. The minimum Gasteiger partial charge on any atom is -0.480 e. The number of amides is 2. The van der Waals surface area contributed by atoms with E-state index >= 15 is 0 Å². The Bertz CT molecular complexity index is 516.